The number of hydrogen-bond acceptors (Lipinski definition) is 5. The molecule has 0 heterocycles. The van der Waals surface area contributed by atoms with E-state index in [0.717, 1.165) is 0 Å². The van der Waals surface area contributed by atoms with Gasteiger partial charge in [-0.25, -0.2) is 0 Å². The number of guanidine groups is 1. The first-order valence-corrected chi connectivity index (χ1v) is 4.95. The van der Waals surface area contributed by atoms with Crippen LogP contribution in [-0.2, 0) is 0 Å². The Morgan fingerprint density at radius 2 is 1.78 bits per heavy atom. The molecular weight excluding hydrogens is 236 g/mol. The summed E-state index contributed by atoms with van der Waals surface area (Å²) in [5, 5.41) is 11.1. The van der Waals surface area contributed by atoms with Gasteiger partial charge in [0.2, 0.25) is 17.9 Å². The van der Waals surface area contributed by atoms with Crippen LogP contribution in [-0.4, -0.2) is 27.3 Å². The van der Waals surface area contributed by atoms with E-state index >= 15 is 0 Å². The van der Waals surface area contributed by atoms with Gasteiger partial charge >= 0.3 is 0 Å². The molecule has 0 aliphatic carbocycles. The summed E-state index contributed by atoms with van der Waals surface area (Å²) in [4.78, 5) is 3.35. The third kappa shape index (κ3) is 2.95. The molecule has 0 saturated carbocycles. The Hall–Kier alpha value is -2.62. The maximum Gasteiger partial charge on any atom is 0.209 e. The van der Waals surface area contributed by atoms with Gasteiger partial charge in [-0.15, -0.1) is 4.99 Å². The molecule has 7 nitrogen and oxygen atoms in total. The second-order valence-corrected chi connectivity index (χ2v) is 3.14. The fourth-order valence-corrected chi connectivity index (χ4v) is 1.38. The van der Waals surface area contributed by atoms with Crippen molar-refractivity contribution in [3.8, 4) is 23.4 Å². The van der Waals surface area contributed by atoms with E-state index in [4.69, 9.17) is 25.2 Å². The van der Waals surface area contributed by atoms with Crippen molar-refractivity contribution < 1.29 is 14.2 Å². The molecule has 0 amide bonds. The highest BCUT2D eigenvalue weighted by Gasteiger charge is 2.13. The Morgan fingerprint density at radius 1 is 1.22 bits per heavy atom. The smallest absolute Gasteiger partial charge is 0.209 e. The van der Waals surface area contributed by atoms with E-state index in [0.29, 0.717) is 22.9 Å². The minimum absolute atomic E-state index is 0.0215. The lowest BCUT2D eigenvalue weighted by Gasteiger charge is -2.14. The van der Waals surface area contributed by atoms with E-state index in [1.807, 2.05) is 0 Å². The predicted octanol–water partition coefficient (Wildman–Crippen LogP) is 0.920. The van der Waals surface area contributed by atoms with Crippen LogP contribution >= 0.6 is 0 Å². The van der Waals surface area contributed by atoms with Gasteiger partial charge in [0.1, 0.15) is 0 Å². The third-order valence-electron chi connectivity index (χ3n) is 2.11. The van der Waals surface area contributed by atoms with Gasteiger partial charge in [0.15, 0.2) is 11.5 Å². The molecule has 7 heteroatoms. The quantitative estimate of drug-likeness (QED) is 0.468. The van der Waals surface area contributed by atoms with E-state index in [1.165, 1.54) is 21.3 Å². The number of nitrogens with zero attached hydrogens (tertiary/aromatic N) is 2. The molecule has 0 aromatic heterocycles. The number of ether oxygens (including phenoxy) is 3. The second kappa shape index (κ2) is 6.20. The van der Waals surface area contributed by atoms with E-state index in [9.17, 15) is 0 Å². The molecule has 3 N–H and O–H groups in total. The predicted molar refractivity (Wildman–Crippen MR) is 67.0 cm³/mol. The van der Waals surface area contributed by atoms with Crippen molar-refractivity contribution in [3.05, 3.63) is 12.1 Å². The van der Waals surface area contributed by atoms with Gasteiger partial charge in [-0.2, -0.15) is 5.26 Å². The highest BCUT2D eigenvalue weighted by Crippen LogP contribution is 2.39. The minimum atomic E-state index is -0.0215. The molecule has 1 aromatic carbocycles. The standard InChI is InChI=1S/C11H14N4O3/c1-16-8-4-7(15-11(13)14-6-12)5-9(17-2)10(8)18-3/h4-5H,1-3H3,(H3,13,14,15). The topological polar surface area (TPSA) is 102 Å². The van der Waals surface area contributed by atoms with Crippen molar-refractivity contribution in [2.75, 3.05) is 26.6 Å². The Balaban J connectivity index is 3.16. The highest BCUT2D eigenvalue weighted by atomic mass is 16.5. The van der Waals surface area contributed by atoms with Gasteiger partial charge in [-0.3, -0.25) is 0 Å². The number of anilines is 1. The van der Waals surface area contributed by atoms with E-state index in [-0.39, 0.29) is 5.96 Å². The van der Waals surface area contributed by atoms with Crippen LogP contribution in [0, 0.1) is 11.5 Å². The molecule has 0 atom stereocenters. The monoisotopic (exact) mass is 250 g/mol. The van der Waals surface area contributed by atoms with Crippen LogP contribution in [0.4, 0.5) is 5.69 Å². The minimum Gasteiger partial charge on any atom is -0.493 e. The Bertz CT molecular complexity index is 469. The van der Waals surface area contributed by atoms with Crippen LogP contribution < -0.4 is 25.3 Å². The lowest BCUT2D eigenvalue weighted by molar-refractivity contribution is 0.324. The molecule has 18 heavy (non-hydrogen) atoms. The van der Waals surface area contributed by atoms with Crippen molar-refractivity contribution in [2.45, 2.75) is 0 Å². The zero-order chi connectivity index (χ0) is 13.5. The molecule has 0 fully saturated rings. The summed E-state index contributed by atoms with van der Waals surface area (Å²) < 4.78 is 15.5. The SMILES string of the molecule is COc1cc(N/C(N)=N/C#N)cc(OC)c1OC. The molecule has 1 aromatic rings. The number of aliphatic imine (C=N–C) groups is 1. The van der Waals surface area contributed by atoms with E-state index in [2.05, 4.69) is 10.3 Å². The van der Waals surface area contributed by atoms with Crippen LogP contribution in [0.3, 0.4) is 0 Å². The van der Waals surface area contributed by atoms with Crippen molar-refractivity contribution in [1.82, 2.24) is 0 Å². The molecule has 1 rings (SSSR count). The number of hydrogen-bond donors (Lipinski definition) is 2. The average Bonchev–Trinajstić information content (AvgIpc) is 2.37. The first kappa shape index (κ1) is 13.4. The zero-order valence-electron chi connectivity index (χ0n) is 10.4. The van der Waals surface area contributed by atoms with Crippen molar-refractivity contribution >= 4 is 11.6 Å². The Kier molecular flexibility index (Phi) is 4.63. The number of rotatable bonds is 4. The van der Waals surface area contributed by atoms with Gasteiger partial charge in [-0.05, 0) is 0 Å². The molecule has 0 bridgehead atoms. The highest BCUT2D eigenvalue weighted by molar-refractivity contribution is 5.93. The van der Waals surface area contributed by atoms with Gasteiger partial charge in [0.05, 0.1) is 21.3 Å². The summed E-state index contributed by atoms with van der Waals surface area (Å²) in [6.07, 6.45) is 1.58. The molecule has 0 radical (unpaired) electrons. The van der Waals surface area contributed by atoms with Crippen LogP contribution in [0.25, 0.3) is 0 Å². The molecule has 0 aliphatic heterocycles. The molecule has 0 unspecified atom stereocenters. The number of nitrogens with two attached hydrogens (primary N) is 1. The van der Waals surface area contributed by atoms with E-state index in [1.54, 1.807) is 18.3 Å². The lowest BCUT2D eigenvalue weighted by atomic mass is 10.2. The first-order chi connectivity index (χ1) is 8.65. The van der Waals surface area contributed by atoms with Gasteiger partial charge in [-0.1, -0.05) is 0 Å². The van der Waals surface area contributed by atoms with Gasteiger partial charge < -0.3 is 25.3 Å². The molecule has 0 aliphatic rings. The number of nitriles is 1. The van der Waals surface area contributed by atoms with Gasteiger partial charge in [0.25, 0.3) is 0 Å². The first-order valence-electron chi connectivity index (χ1n) is 4.95. The fourth-order valence-electron chi connectivity index (χ4n) is 1.38. The summed E-state index contributed by atoms with van der Waals surface area (Å²) in [6, 6.07) is 3.31. The average molecular weight is 250 g/mol. The summed E-state index contributed by atoms with van der Waals surface area (Å²) in [6.45, 7) is 0. The van der Waals surface area contributed by atoms with Gasteiger partial charge in [0, 0.05) is 17.8 Å². The Morgan fingerprint density at radius 3 is 2.17 bits per heavy atom. The second-order valence-electron chi connectivity index (χ2n) is 3.14. The van der Waals surface area contributed by atoms with Crippen LogP contribution in [0.2, 0.25) is 0 Å². The van der Waals surface area contributed by atoms with E-state index < -0.39 is 0 Å². The van der Waals surface area contributed by atoms with Crippen LogP contribution in [0.15, 0.2) is 17.1 Å². The Labute approximate surface area is 105 Å². The lowest BCUT2D eigenvalue weighted by Crippen LogP contribution is -2.21. The van der Waals surface area contributed by atoms with Crippen molar-refractivity contribution in [1.29, 1.82) is 5.26 Å². The summed E-state index contributed by atoms with van der Waals surface area (Å²) in [5.74, 6) is 1.40. The number of benzene rings is 1. The summed E-state index contributed by atoms with van der Waals surface area (Å²) in [7, 11) is 4.53. The number of nitrogens with one attached hydrogen (secondary N) is 1. The number of methoxy groups -OCH3 is 3. The van der Waals surface area contributed by atoms with Crippen molar-refractivity contribution in [2.24, 2.45) is 10.7 Å². The molecule has 96 valence electrons. The maximum absolute atomic E-state index is 8.37. The largest absolute Gasteiger partial charge is 0.493 e. The maximum atomic E-state index is 8.37. The third-order valence-corrected chi connectivity index (χ3v) is 2.11. The molecule has 0 saturated heterocycles. The normalized spacial score (nSPS) is 10.4. The summed E-state index contributed by atoms with van der Waals surface area (Å²) in [5.41, 5.74) is 6.04. The molecular formula is C11H14N4O3. The fraction of sp³-hybridized carbons (Fsp3) is 0.273. The summed E-state index contributed by atoms with van der Waals surface area (Å²) >= 11 is 0. The van der Waals surface area contributed by atoms with Crippen LogP contribution in [0.1, 0.15) is 0 Å². The molecule has 0 spiro atoms. The van der Waals surface area contributed by atoms with Crippen molar-refractivity contribution in [3.63, 3.8) is 0 Å². The van der Waals surface area contributed by atoms with Crippen LogP contribution in [0.5, 0.6) is 17.2 Å². The zero-order valence-corrected chi connectivity index (χ0v) is 10.4.